The fourth-order valence-corrected chi connectivity index (χ4v) is 2.45. The van der Waals surface area contributed by atoms with Crippen LogP contribution < -0.4 is 15.2 Å². The third-order valence-electron chi connectivity index (χ3n) is 3.18. The lowest BCUT2D eigenvalue weighted by atomic mass is 10.2. The summed E-state index contributed by atoms with van der Waals surface area (Å²) in [7, 11) is 3.12. The SMILES string of the molecule is COc1cc(-n2c(N)nc3cnccc32)c(OC)cc1Cl. The second kappa shape index (κ2) is 5.14. The molecule has 108 valence electrons. The summed E-state index contributed by atoms with van der Waals surface area (Å²) in [6.45, 7) is 0. The number of nitrogens with two attached hydrogens (primary N) is 1. The van der Waals surface area contributed by atoms with Crippen LogP contribution in [0.5, 0.6) is 11.5 Å². The summed E-state index contributed by atoms with van der Waals surface area (Å²) in [6.07, 6.45) is 3.33. The molecule has 0 spiro atoms. The van der Waals surface area contributed by atoms with Crippen molar-refractivity contribution in [1.29, 1.82) is 0 Å². The second-order valence-electron chi connectivity index (χ2n) is 4.33. The Morgan fingerprint density at radius 1 is 1.19 bits per heavy atom. The van der Waals surface area contributed by atoms with Crippen LogP contribution in [0.2, 0.25) is 5.02 Å². The Morgan fingerprint density at radius 3 is 2.67 bits per heavy atom. The molecule has 0 aliphatic carbocycles. The summed E-state index contributed by atoms with van der Waals surface area (Å²) in [6, 6.07) is 5.28. The van der Waals surface area contributed by atoms with Gasteiger partial charge in [0.1, 0.15) is 17.0 Å². The Bertz CT molecular complexity index is 816. The van der Waals surface area contributed by atoms with E-state index in [-0.39, 0.29) is 0 Å². The lowest BCUT2D eigenvalue weighted by Crippen LogP contribution is -2.03. The van der Waals surface area contributed by atoms with Gasteiger partial charge in [-0.2, -0.15) is 0 Å². The molecule has 0 fully saturated rings. The molecule has 21 heavy (non-hydrogen) atoms. The number of benzene rings is 1. The molecule has 0 saturated heterocycles. The number of rotatable bonds is 3. The number of methoxy groups -OCH3 is 2. The zero-order chi connectivity index (χ0) is 15.0. The molecule has 0 unspecified atom stereocenters. The molecule has 0 amide bonds. The van der Waals surface area contributed by atoms with E-state index < -0.39 is 0 Å². The number of hydrogen-bond acceptors (Lipinski definition) is 5. The molecule has 3 rings (SSSR count). The highest BCUT2D eigenvalue weighted by molar-refractivity contribution is 6.32. The van der Waals surface area contributed by atoms with Crippen LogP contribution in [0.1, 0.15) is 0 Å². The number of halogens is 1. The highest BCUT2D eigenvalue weighted by Gasteiger charge is 2.16. The number of pyridine rings is 1. The lowest BCUT2D eigenvalue weighted by Gasteiger charge is -2.14. The van der Waals surface area contributed by atoms with Crippen LogP contribution in [0.25, 0.3) is 16.7 Å². The first-order valence-corrected chi connectivity index (χ1v) is 6.53. The van der Waals surface area contributed by atoms with E-state index in [1.165, 1.54) is 0 Å². The van der Waals surface area contributed by atoms with Crippen molar-refractivity contribution in [3.8, 4) is 17.2 Å². The maximum absolute atomic E-state index is 6.13. The molecular formula is C14H13ClN4O2. The van der Waals surface area contributed by atoms with Gasteiger partial charge in [0.25, 0.3) is 0 Å². The fraction of sp³-hybridized carbons (Fsp3) is 0.143. The molecule has 6 nitrogen and oxygen atoms in total. The molecule has 2 aromatic heterocycles. The van der Waals surface area contributed by atoms with Crippen molar-refractivity contribution >= 4 is 28.6 Å². The van der Waals surface area contributed by atoms with Gasteiger partial charge < -0.3 is 15.2 Å². The van der Waals surface area contributed by atoms with Crippen molar-refractivity contribution < 1.29 is 9.47 Å². The van der Waals surface area contributed by atoms with E-state index in [0.29, 0.717) is 33.7 Å². The van der Waals surface area contributed by atoms with Crippen LogP contribution in [0.15, 0.2) is 30.6 Å². The van der Waals surface area contributed by atoms with Gasteiger partial charge in [-0.15, -0.1) is 0 Å². The number of anilines is 1. The Morgan fingerprint density at radius 2 is 1.95 bits per heavy atom. The first kappa shape index (κ1) is 13.5. The van der Waals surface area contributed by atoms with Crippen molar-refractivity contribution in [2.45, 2.75) is 0 Å². The molecule has 2 N–H and O–H groups in total. The van der Waals surface area contributed by atoms with Crippen molar-refractivity contribution in [1.82, 2.24) is 14.5 Å². The van der Waals surface area contributed by atoms with E-state index in [0.717, 1.165) is 5.52 Å². The quantitative estimate of drug-likeness (QED) is 0.805. The Balaban J connectivity index is 2.34. The number of ether oxygens (including phenoxy) is 2. The summed E-state index contributed by atoms with van der Waals surface area (Å²) >= 11 is 6.13. The summed E-state index contributed by atoms with van der Waals surface area (Å²) in [5.41, 5.74) is 8.26. The molecular weight excluding hydrogens is 292 g/mol. The van der Waals surface area contributed by atoms with Gasteiger partial charge in [0.2, 0.25) is 5.95 Å². The first-order chi connectivity index (χ1) is 10.2. The summed E-state index contributed by atoms with van der Waals surface area (Å²) in [4.78, 5) is 8.33. The highest BCUT2D eigenvalue weighted by atomic mass is 35.5. The molecule has 0 bridgehead atoms. The molecule has 1 aromatic carbocycles. The first-order valence-electron chi connectivity index (χ1n) is 6.15. The van der Waals surface area contributed by atoms with Gasteiger partial charge in [0, 0.05) is 18.3 Å². The maximum Gasteiger partial charge on any atom is 0.206 e. The van der Waals surface area contributed by atoms with Gasteiger partial charge in [-0.1, -0.05) is 11.6 Å². The van der Waals surface area contributed by atoms with Crippen molar-refractivity contribution in [3.05, 3.63) is 35.6 Å². The summed E-state index contributed by atoms with van der Waals surface area (Å²) in [5.74, 6) is 1.44. The Hall–Kier alpha value is -2.47. The standard InChI is InChI=1S/C14H13ClN4O2/c1-20-12-6-11(13(21-2)5-8(12)15)19-10-3-4-17-7-9(10)18-14(19)16/h3-7H,1-2H3,(H2,16,18). The third kappa shape index (κ3) is 2.13. The normalized spacial score (nSPS) is 10.8. The minimum Gasteiger partial charge on any atom is -0.495 e. The van der Waals surface area contributed by atoms with Gasteiger partial charge in [0.15, 0.2) is 0 Å². The van der Waals surface area contributed by atoms with Gasteiger partial charge >= 0.3 is 0 Å². The third-order valence-corrected chi connectivity index (χ3v) is 3.47. The van der Waals surface area contributed by atoms with E-state index in [4.69, 9.17) is 26.8 Å². The molecule has 0 saturated carbocycles. The van der Waals surface area contributed by atoms with Crippen LogP contribution in [-0.2, 0) is 0 Å². The number of imidazole rings is 1. The largest absolute Gasteiger partial charge is 0.495 e. The van der Waals surface area contributed by atoms with Crippen LogP contribution >= 0.6 is 11.6 Å². The van der Waals surface area contributed by atoms with Gasteiger partial charge in [-0.3, -0.25) is 9.55 Å². The van der Waals surface area contributed by atoms with Gasteiger partial charge in [-0.25, -0.2) is 4.98 Å². The number of nitrogens with zero attached hydrogens (tertiary/aromatic N) is 3. The predicted octanol–water partition coefficient (Wildman–Crippen LogP) is 2.67. The molecule has 0 aliphatic rings. The monoisotopic (exact) mass is 304 g/mol. The van der Waals surface area contributed by atoms with Crippen LogP contribution in [-0.4, -0.2) is 28.8 Å². The lowest BCUT2D eigenvalue weighted by molar-refractivity contribution is 0.402. The smallest absolute Gasteiger partial charge is 0.206 e. The Kier molecular flexibility index (Phi) is 3.31. The minimum absolute atomic E-state index is 0.334. The fourth-order valence-electron chi connectivity index (χ4n) is 2.22. The Labute approximate surface area is 126 Å². The van der Waals surface area contributed by atoms with E-state index >= 15 is 0 Å². The van der Waals surface area contributed by atoms with Gasteiger partial charge in [0.05, 0.1) is 36.6 Å². The molecule has 2 heterocycles. The highest BCUT2D eigenvalue weighted by Crippen LogP contribution is 2.37. The van der Waals surface area contributed by atoms with Crippen molar-refractivity contribution in [2.24, 2.45) is 0 Å². The molecule has 0 radical (unpaired) electrons. The van der Waals surface area contributed by atoms with Crippen molar-refractivity contribution in [2.75, 3.05) is 20.0 Å². The molecule has 3 aromatic rings. The zero-order valence-electron chi connectivity index (χ0n) is 11.5. The number of fused-ring (bicyclic) bond motifs is 1. The molecule has 0 atom stereocenters. The van der Waals surface area contributed by atoms with Crippen LogP contribution in [0.4, 0.5) is 5.95 Å². The van der Waals surface area contributed by atoms with Crippen molar-refractivity contribution in [3.63, 3.8) is 0 Å². The van der Waals surface area contributed by atoms with E-state index in [9.17, 15) is 0 Å². The number of hydrogen-bond donors (Lipinski definition) is 1. The molecule has 7 heteroatoms. The van der Waals surface area contributed by atoms with Crippen LogP contribution in [0.3, 0.4) is 0 Å². The zero-order valence-corrected chi connectivity index (χ0v) is 12.3. The average Bonchev–Trinajstić information content (AvgIpc) is 2.82. The van der Waals surface area contributed by atoms with Crippen LogP contribution in [0, 0.1) is 0 Å². The molecule has 0 aliphatic heterocycles. The topological polar surface area (TPSA) is 75.2 Å². The predicted molar refractivity (Wildman–Crippen MR) is 81.4 cm³/mol. The average molecular weight is 305 g/mol. The number of nitrogen functional groups attached to an aromatic ring is 1. The minimum atomic E-state index is 0.334. The van der Waals surface area contributed by atoms with Gasteiger partial charge in [-0.05, 0) is 6.07 Å². The summed E-state index contributed by atoms with van der Waals surface area (Å²) < 4.78 is 12.4. The second-order valence-corrected chi connectivity index (χ2v) is 4.74. The van der Waals surface area contributed by atoms with E-state index in [1.54, 1.807) is 43.3 Å². The van der Waals surface area contributed by atoms with E-state index in [1.807, 2.05) is 6.07 Å². The number of aromatic nitrogens is 3. The maximum atomic E-state index is 6.13. The summed E-state index contributed by atoms with van der Waals surface area (Å²) in [5, 5.41) is 0.461. The van der Waals surface area contributed by atoms with E-state index in [2.05, 4.69) is 9.97 Å².